The van der Waals surface area contributed by atoms with Gasteiger partial charge in [-0.25, -0.2) is 0 Å². The number of quaternary nitrogens is 1. The summed E-state index contributed by atoms with van der Waals surface area (Å²) in [6.07, 6.45) is 1.27. The smallest absolute Gasteiger partial charge is 0.0885 e. The molecule has 1 amide bonds. The minimum atomic E-state index is -0.432. The van der Waals surface area contributed by atoms with Crippen LogP contribution in [-0.4, -0.2) is 43.5 Å². The van der Waals surface area contributed by atoms with E-state index in [1.54, 1.807) is 0 Å². The Hall–Kier alpha value is 0.0783. The average molecular weight is 385 g/mol. The van der Waals surface area contributed by atoms with Crippen LogP contribution in [0.25, 0.3) is 5.73 Å². The summed E-state index contributed by atoms with van der Waals surface area (Å²) in [5.74, 6) is -0.432. The average Bonchev–Trinajstić information content (AvgIpc) is 2.22. The zero-order valence-electron chi connectivity index (χ0n) is 9.79. The molecule has 90 valence electrons. The van der Waals surface area contributed by atoms with Crippen LogP contribution in [0.5, 0.6) is 0 Å². The monoisotopic (exact) mass is 385 g/mol. The summed E-state index contributed by atoms with van der Waals surface area (Å²) in [6, 6.07) is 0. The normalized spacial score (nSPS) is 15.9. The first-order chi connectivity index (χ1) is 6.79. The molecule has 1 heterocycles. The number of hydrogen-bond donors (Lipinski definition) is 1. The number of carbonyl (C=O) groups is 1. The Morgan fingerprint density at radius 3 is 2.33 bits per heavy atom. The van der Waals surface area contributed by atoms with Crippen molar-refractivity contribution in [2.24, 2.45) is 0 Å². The number of hydrogen-bond acceptors (Lipinski definition) is 2. The molecular weight excluding hydrogens is 362 g/mol. The molecule has 0 saturated carbocycles. The van der Waals surface area contributed by atoms with Crippen molar-refractivity contribution in [3.05, 3.63) is 5.73 Å². The molecule has 0 radical (unpaired) electrons. The molecule has 4 nitrogen and oxygen atoms in total. The molecule has 0 aromatic carbocycles. The second-order valence-corrected chi connectivity index (χ2v) is 3.23. The molecule has 0 spiro atoms. The van der Waals surface area contributed by atoms with Gasteiger partial charge in [0.1, 0.15) is 0 Å². The van der Waals surface area contributed by atoms with Crippen molar-refractivity contribution in [1.29, 1.82) is 0 Å². The Morgan fingerprint density at radius 2 is 1.87 bits per heavy atom. The summed E-state index contributed by atoms with van der Waals surface area (Å²) in [7, 11) is 0. The van der Waals surface area contributed by atoms with Crippen molar-refractivity contribution in [2.75, 3.05) is 32.7 Å². The van der Waals surface area contributed by atoms with E-state index in [-0.39, 0.29) is 21.1 Å². The predicted molar refractivity (Wildman–Crippen MR) is 58.0 cm³/mol. The van der Waals surface area contributed by atoms with Crippen LogP contribution in [-0.2, 0) is 25.9 Å². The van der Waals surface area contributed by atoms with Crippen molar-refractivity contribution in [3.63, 3.8) is 0 Å². The van der Waals surface area contributed by atoms with Gasteiger partial charge in [0.25, 0.3) is 0 Å². The SMILES string of the molecule is CC.[NH-]C(=O)CCCN1CC[NH2+]CC1.[W]. The summed E-state index contributed by atoms with van der Waals surface area (Å²) >= 11 is 0. The topological polar surface area (TPSA) is 60.7 Å². The van der Waals surface area contributed by atoms with Crippen LogP contribution >= 0.6 is 0 Å². The van der Waals surface area contributed by atoms with E-state index in [2.05, 4.69) is 10.2 Å². The standard InChI is InChI=1S/C8H17N3O.C2H6.W/c9-8(12)2-1-5-11-6-3-10-4-7-11;1-2;/h10H,1-7H2,(H2,9,12);1-2H3;. The summed E-state index contributed by atoms with van der Waals surface area (Å²) in [5.41, 5.74) is 6.73. The van der Waals surface area contributed by atoms with Crippen molar-refractivity contribution in [3.8, 4) is 0 Å². The number of carbonyl (C=O) groups excluding carboxylic acids is 1. The Labute approximate surface area is 107 Å². The van der Waals surface area contributed by atoms with Crippen molar-refractivity contribution in [1.82, 2.24) is 4.90 Å². The number of piperazine rings is 1. The van der Waals surface area contributed by atoms with Gasteiger partial charge in [-0.15, -0.1) is 0 Å². The van der Waals surface area contributed by atoms with Gasteiger partial charge in [-0.3, -0.25) is 4.90 Å². The Kier molecular flexibility index (Phi) is 14.2. The van der Waals surface area contributed by atoms with Gasteiger partial charge in [0.05, 0.1) is 13.1 Å². The third kappa shape index (κ3) is 10.4. The van der Waals surface area contributed by atoms with Gasteiger partial charge in [-0.05, 0) is 19.4 Å². The zero-order valence-corrected chi connectivity index (χ0v) is 12.7. The molecule has 0 atom stereocenters. The van der Waals surface area contributed by atoms with Gasteiger partial charge in [0, 0.05) is 40.1 Å². The Bertz CT molecular complexity index is 150. The summed E-state index contributed by atoms with van der Waals surface area (Å²) < 4.78 is 0. The van der Waals surface area contributed by atoms with Gasteiger partial charge in [-0.1, -0.05) is 13.8 Å². The molecule has 15 heavy (non-hydrogen) atoms. The number of nitrogens with zero attached hydrogens (tertiary/aromatic N) is 1. The van der Waals surface area contributed by atoms with E-state index in [1.165, 1.54) is 13.1 Å². The minimum Gasteiger partial charge on any atom is -0.668 e. The van der Waals surface area contributed by atoms with Crippen LogP contribution in [0.3, 0.4) is 0 Å². The van der Waals surface area contributed by atoms with Crippen molar-refractivity contribution in [2.45, 2.75) is 26.7 Å². The molecule has 3 N–H and O–H groups in total. The molecule has 1 rings (SSSR count). The first kappa shape index (κ1) is 17.5. The third-order valence-electron chi connectivity index (χ3n) is 2.18. The maximum Gasteiger partial charge on any atom is 0.0885 e. The Balaban J connectivity index is 0. The van der Waals surface area contributed by atoms with Crippen LogP contribution in [0.2, 0.25) is 0 Å². The van der Waals surface area contributed by atoms with E-state index >= 15 is 0 Å². The maximum atomic E-state index is 10.3. The van der Waals surface area contributed by atoms with Crippen molar-refractivity contribution < 1.29 is 31.2 Å². The molecule has 0 aromatic rings. The number of nitrogens with one attached hydrogen (secondary N) is 1. The van der Waals surface area contributed by atoms with Crippen LogP contribution in [0.4, 0.5) is 0 Å². The molecule has 5 heteroatoms. The molecule has 0 aromatic heterocycles. The fourth-order valence-electron chi connectivity index (χ4n) is 1.49. The summed E-state index contributed by atoms with van der Waals surface area (Å²) in [6.45, 7) is 9.60. The van der Waals surface area contributed by atoms with Gasteiger partial charge in [0.2, 0.25) is 0 Å². The molecule has 0 aliphatic carbocycles. The summed E-state index contributed by atoms with van der Waals surface area (Å²) in [5, 5.41) is 2.31. The van der Waals surface area contributed by atoms with E-state index in [4.69, 9.17) is 5.73 Å². The van der Waals surface area contributed by atoms with Crippen LogP contribution in [0, 0.1) is 0 Å². The van der Waals surface area contributed by atoms with Gasteiger partial charge in [-0.2, -0.15) is 0 Å². The van der Waals surface area contributed by atoms with Gasteiger partial charge in [0.15, 0.2) is 0 Å². The van der Waals surface area contributed by atoms with Gasteiger partial charge >= 0.3 is 0 Å². The van der Waals surface area contributed by atoms with Gasteiger partial charge < -0.3 is 15.8 Å². The van der Waals surface area contributed by atoms with E-state index in [1.807, 2.05) is 13.8 Å². The van der Waals surface area contributed by atoms with Crippen molar-refractivity contribution >= 4 is 5.91 Å². The first-order valence-electron chi connectivity index (χ1n) is 5.57. The molecular formula is C10H23N3OW. The number of nitrogens with two attached hydrogens (primary N) is 1. The number of amides is 1. The molecule has 1 saturated heterocycles. The third-order valence-corrected chi connectivity index (χ3v) is 2.18. The maximum absolute atomic E-state index is 10.3. The van der Waals surface area contributed by atoms with E-state index in [0.717, 1.165) is 26.1 Å². The fraction of sp³-hybridized carbons (Fsp3) is 0.900. The molecule has 1 fully saturated rings. The first-order valence-corrected chi connectivity index (χ1v) is 5.57. The Morgan fingerprint density at radius 1 is 1.33 bits per heavy atom. The fourth-order valence-corrected chi connectivity index (χ4v) is 1.49. The van der Waals surface area contributed by atoms with E-state index < -0.39 is 5.91 Å². The largest absolute Gasteiger partial charge is 0.668 e. The van der Waals surface area contributed by atoms with Crippen LogP contribution in [0.1, 0.15) is 26.7 Å². The van der Waals surface area contributed by atoms with E-state index in [0.29, 0.717) is 6.42 Å². The molecule has 0 unspecified atom stereocenters. The molecule has 1 aliphatic heterocycles. The second kappa shape index (κ2) is 12.1. The van der Waals surface area contributed by atoms with E-state index in [9.17, 15) is 4.79 Å². The van der Waals surface area contributed by atoms with Crippen LogP contribution in [0.15, 0.2) is 0 Å². The second-order valence-electron chi connectivity index (χ2n) is 3.23. The quantitative estimate of drug-likeness (QED) is 0.755. The zero-order chi connectivity index (χ0) is 10.8. The van der Waals surface area contributed by atoms with Crippen LogP contribution < -0.4 is 5.32 Å². The predicted octanol–water partition coefficient (Wildman–Crippen LogP) is 0.248. The summed E-state index contributed by atoms with van der Waals surface area (Å²) in [4.78, 5) is 12.7. The molecule has 1 aliphatic rings. The molecule has 0 bridgehead atoms. The number of rotatable bonds is 4. The minimum absolute atomic E-state index is 0.